The van der Waals surface area contributed by atoms with E-state index in [0.717, 1.165) is 31.8 Å². The highest BCUT2D eigenvalue weighted by atomic mass is 19.1. The molecule has 0 fully saturated rings. The first kappa shape index (κ1) is 11.0. The first-order valence-corrected chi connectivity index (χ1v) is 5.50. The second-order valence-corrected chi connectivity index (χ2v) is 3.71. The fraction of sp³-hybridized carbons (Fsp3) is 0.455. The van der Waals surface area contributed by atoms with Crippen LogP contribution in [-0.4, -0.2) is 28.0 Å². The average Bonchev–Trinajstić information content (AvgIpc) is 2.66. The van der Waals surface area contributed by atoms with E-state index in [1.807, 2.05) is 0 Å². The molecule has 5 heteroatoms. The van der Waals surface area contributed by atoms with Gasteiger partial charge in [-0.25, -0.2) is 14.4 Å². The Kier molecular flexibility index (Phi) is 3.46. The molecular weight excluding hydrogens is 207 g/mol. The molecule has 0 bridgehead atoms. The van der Waals surface area contributed by atoms with Crippen LogP contribution in [-0.2, 0) is 6.42 Å². The Bertz CT molecular complexity index is 466. The molecule has 0 saturated heterocycles. The number of nitrogens with one attached hydrogen (secondary N) is 2. The van der Waals surface area contributed by atoms with Gasteiger partial charge in [-0.15, -0.1) is 0 Å². The lowest BCUT2D eigenvalue weighted by Crippen LogP contribution is -2.18. The predicted molar refractivity (Wildman–Crippen MR) is 60.7 cm³/mol. The van der Waals surface area contributed by atoms with E-state index in [1.54, 1.807) is 0 Å². The van der Waals surface area contributed by atoms with Crippen LogP contribution in [0.2, 0.25) is 0 Å². The Balaban J connectivity index is 2.02. The Hall–Kier alpha value is -1.49. The lowest BCUT2D eigenvalue weighted by Gasteiger charge is -1.99. The van der Waals surface area contributed by atoms with Crippen molar-refractivity contribution >= 4 is 11.2 Å². The van der Waals surface area contributed by atoms with Crippen LogP contribution in [0.1, 0.15) is 19.2 Å². The zero-order valence-corrected chi connectivity index (χ0v) is 9.26. The van der Waals surface area contributed by atoms with Gasteiger partial charge in [-0.05, 0) is 13.0 Å². The summed E-state index contributed by atoms with van der Waals surface area (Å²) < 4.78 is 12.9. The van der Waals surface area contributed by atoms with Gasteiger partial charge in [-0.1, -0.05) is 6.92 Å². The van der Waals surface area contributed by atoms with Gasteiger partial charge in [-0.2, -0.15) is 0 Å². The molecule has 0 atom stereocenters. The number of hydrogen-bond acceptors (Lipinski definition) is 3. The maximum Gasteiger partial charge on any atom is 0.177 e. The van der Waals surface area contributed by atoms with Crippen molar-refractivity contribution in [3.05, 3.63) is 23.9 Å². The topological polar surface area (TPSA) is 53.6 Å². The Morgan fingerprint density at radius 2 is 2.31 bits per heavy atom. The molecule has 4 nitrogen and oxygen atoms in total. The molecule has 86 valence electrons. The summed E-state index contributed by atoms with van der Waals surface area (Å²) in [6, 6.07) is 1.41. The standard InChI is InChI=1S/C11H15FN4/c1-2-4-13-5-3-10-15-9-6-8(12)7-14-11(9)16-10/h6-7,13H,2-5H2,1H3,(H,14,15,16). The number of nitrogens with zero attached hydrogens (tertiary/aromatic N) is 2. The number of H-pyrrole nitrogens is 1. The number of halogens is 1. The number of hydrogen-bond donors (Lipinski definition) is 2. The summed E-state index contributed by atoms with van der Waals surface area (Å²) in [6.07, 6.45) is 3.10. The van der Waals surface area contributed by atoms with Crippen molar-refractivity contribution in [2.24, 2.45) is 0 Å². The van der Waals surface area contributed by atoms with Crippen LogP contribution in [0.25, 0.3) is 11.2 Å². The monoisotopic (exact) mass is 222 g/mol. The van der Waals surface area contributed by atoms with Gasteiger partial charge in [0.2, 0.25) is 0 Å². The largest absolute Gasteiger partial charge is 0.340 e. The number of imidazole rings is 1. The van der Waals surface area contributed by atoms with Gasteiger partial charge in [0.25, 0.3) is 0 Å². The highest BCUT2D eigenvalue weighted by Crippen LogP contribution is 2.09. The van der Waals surface area contributed by atoms with Crippen molar-refractivity contribution in [2.45, 2.75) is 19.8 Å². The van der Waals surface area contributed by atoms with Crippen molar-refractivity contribution in [1.82, 2.24) is 20.3 Å². The zero-order valence-electron chi connectivity index (χ0n) is 9.26. The van der Waals surface area contributed by atoms with E-state index in [1.165, 1.54) is 12.3 Å². The van der Waals surface area contributed by atoms with E-state index in [-0.39, 0.29) is 5.82 Å². The summed E-state index contributed by atoms with van der Waals surface area (Å²) >= 11 is 0. The molecule has 2 heterocycles. The van der Waals surface area contributed by atoms with Crippen molar-refractivity contribution in [1.29, 1.82) is 0 Å². The first-order valence-electron chi connectivity index (χ1n) is 5.50. The van der Waals surface area contributed by atoms with Gasteiger partial charge in [0.15, 0.2) is 5.65 Å². The summed E-state index contributed by atoms with van der Waals surface area (Å²) in [5.41, 5.74) is 1.23. The summed E-state index contributed by atoms with van der Waals surface area (Å²) in [6.45, 7) is 4.00. The summed E-state index contributed by atoms with van der Waals surface area (Å²) in [5, 5.41) is 3.28. The molecule has 0 amide bonds. The van der Waals surface area contributed by atoms with Gasteiger partial charge in [0.05, 0.1) is 11.7 Å². The lowest BCUT2D eigenvalue weighted by molar-refractivity contribution is 0.624. The van der Waals surface area contributed by atoms with Crippen LogP contribution in [0.3, 0.4) is 0 Å². The van der Waals surface area contributed by atoms with Gasteiger partial charge in [0, 0.05) is 19.0 Å². The van der Waals surface area contributed by atoms with Crippen LogP contribution in [0.5, 0.6) is 0 Å². The van der Waals surface area contributed by atoms with E-state index in [0.29, 0.717) is 11.2 Å². The fourth-order valence-electron chi connectivity index (χ4n) is 1.55. The van der Waals surface area contributed by atoms with Crippen LogP contribution >= 0.6 is 0 Å². The summed E-state index contributed by atoms with van der Waals surface area (Å²) in [5.74, 6) is 0.503. The normalized spacial score (nSPS) is 11.1. The molecule has 2 aromatic rings. The average molecular weight is 222 g/mol. The van der Waals surface area contributed by atoms with E-state index < -0.39 is 0 Å². The van der Waals surface area contributed by atoms with Crippen LogP contribution in [0.15, 0.2) is 12.3 Å². The molecule has 0 aliphatic heterocycles. The third-order valence-electron chi connectivity index (χ3n) is 2.32. The summed E-state index contributed by atoms with van der Waals surface area (Å²) in [7, 11) is 0. The molecule has 0 aliphatic rings. The Labute approximate surface area is 93.3 Å². The van der Waals surface area contributed by atoms with Gasteiger partial charge < -0.3 is 10.3 Å². The fourth-order valence-corrected chi connectivity index (χ4v) is 1.55. The SMILES string of the molecule is CCCNCCc1nc2ncc(F)cc2[nH]1. The van der Waals surface area contributed by atoms with Crippen LogP contribution < -0.4 is 5.32 Å². The Morgan fingerprint density at radius 3 is 3.12 bits per heavy atom. The number of pyridine rings is 1. The Morgan fingerprint density at radius 1 is 1.44 bits per heavy atom. The smallest absolute Gasteiger partial charge is 0.177 e. The predicted octanol–water partition coefficient (Wildman–Crippen LogP) is 1.64. The molecule has 0 aliphatic carbocycles. The van der Waals surface area contributed by atoms with Crippen LogP contribution in [0, 0.1) is 5.82 Å². The van der Waals surface area contributed by atoms with Gasteiger partial charge in [0.1, 0.15) is 11.6 Å². The lowest BCUT2D eigenvalue weighted by atomic mass is 10.4. The minimum atomic E-state index is -0.341. The van der Waals surface area contributed by atoms with Crippen LogP contribution in [0.4, 0.5) is 4.39 Å². The number of aromatic nitrogens is 3. The molecule has 0 unspecified atom stereocenters. The molecule has 0 aromatic carbocycles. The van der Waals surface area contributed by atoms with Gasteiger partial charge >= 0.3 is 0 Å². The number of rotatable bonds is 5. The molecule has 2 aromatic heterocycles. The first-order chi connectivity index (χ1) is 7.79. The molecule has 2 rings (SSSR count). The van der Waals surface area contributed by atoms with Crippen molar-refractivity contribution in [3.63, 3.8) is 0 Å². The molecule has 0 saturated carbocycles. The van der Waals surface area contributed by atoms with E-state index in [9.17, 15) is 4.39 Å². The minimum Gasteiger partial charge on any atom is -0.340 e. The molecule has 2 N–H and O–H groups in total. The quantitative estimate of drug-likeness (QED) is 0.756. The highest BCUT2D eigenvalue weighted by Gasteiger charge is 2.04. The highest BCUT2D eigenvalue weighted by molar-refractivity contribution is 5.70. The minimum absolute atomic E-state index is 0.341. The van der Waals surface area contributed by atoms with E-state index in [2.05, 4.69) is 27.2 Å². The zero-order chi connectivity index (χ0) is 11.4. The van der Waals surface area contributed by atoms with Crippen molar-refractivity contribution in [2.75, 3.05) is 13.1 Å². The number of aromatic amines is 1. The molecular formula is C11H15FN4. The molecule has 0 spiro atoms. The van der Waals surface area contributed by atoms with E-state index >= 15 is 0 Å². The molecule has 0 radical (unpaired) electrons. The maximum absolute atomic E-state index is 12.9. The second-order valence-electron chi connectivity index (χ2n) is 3.71. The third kappa shape index (κ3) is 2.55. The van der Waals surface area contributed by atoms with Crippen molar-refractivity contribution < 1.29 is 4.39 Å². The second kappa shape index (κ2) is 5.03. The van der Waals surface area contributed by atoms with E-state index in [4.69, 9.17) is 0 Å². The summed E-state index contributed by atoms with van der Waals surface area (Å²) in [4.78, 5) is 11.2. The molecule has 16 heavy (non-hydrogen) atoms. The maximum atomic E-state index is 12.9. The van der Waals surface area contributed by atoms with Crippen molar-refractivity contribution in [3.8, 4) is 0 Å². The number of fused-ring (bicyclic) bond motifs is 1. The van der Waals surface area contributed by atoms with Gasteiger partial charge in [-0.3, -0.25) is 0 Å². The third-order valence-corrected chi connectivity index (χ3v) is 2.32.